The number of pyridine rings is 1. The molecular weight excluding hydrogens is 422 g/mol. The second-order valence-corrected chi connectivity index (χ2v) is 11.2. The summed E-state index contributed by atoms with van der Waals surface area (Å²) in [5.74, 6) is 0.642. The first-order valence-electron chi connectivity index (χ1n) is 12.7. The van der Waals surface area contributed by atoms with Crippen molar-refractivity contribution in [3.05, 3.63) is 102 Å². The van der Waals surface area contributed by atoms with Crippen LogP contribution in [0.3, 0.4) is 0 Å². The molecule has 7 rings (SSSR count). The Morgan fingerprint density at radius 2 is 1.46 bits per heavy atom. The molecule has 0 saturated heterocycles. The van der Waals surface area contributed by atoms with E-state index in [-0.39, 0.29) is 5.41 Å². The summed E-state index contributed by atoms with van der Waals surface area (Å²) in [5, 5.41) is 10.5. The molecule has 0 fully saturated rings. The Morgan fingerprint density at radius 1 is 0.686 bits per heavy atom. The minimum atomic E-state index is -0.125. The van der Waals surface area contributed by atoms with Crippen LogP contribution >= 0.6 is 0 Å². The monoisotopic (exact) mass is 451 g/mol. The predicted octanol–water partition coefficient (Wildman–Crippen LogP) is 9.20. The lowest BCUT2D eigenvalue weighted by molar-refractivity contribution is 0.646. The molecule has 1 heteroatoms. The Balaban J connectivity index is 1.63. The van der Waals surface area contributed by atoms with Crippen LogP contribution in [0.5, 0.6) is 0 Å². The Labute approximate surface area is 206 Å². The number of benzene rings is 5. The van der Waals surface area contributed by atoms with Crippen LogP contribution in [0.25, 0.3) is 54.3 Å². The number of aromatic nitrogens is 1. The predicted molar refractivity (Wildman–Crippen MR) is 150 cm³/mol. The summed E-state index contributed by atoms with van der Waals surface area (Å²) < 4.78 is 0. The quantitative estimate of drug-likeness (QED) is 0.239. The van der Waals surface area contributed by atoms with Crippen LogP contribution in [0.4, 0.5) is 0 Å². The zero-order chi connectivity index (χ0) is 23.9. The summed E-state index contributed by atoms with van der Waals surface area (Å²) in [4.78, 5) is 4.97. The van der Waals surface area contributed by atoms with Gasteiger partial charge in [0.15, 0.2) is 0 Å². The number of rotatable bonds is 2. The van der Waals surface area contributed by atoms with Crippen molar-refractivity contribution < 1.29 is 0 Å². The minimum Gasteiger partial charge on any atom is -0.256 e. The van der Waals surface area contributed by atoms with Crippen molar-refractivity contribution in [3.8, 4) is 11.3 Å². The van der Waals surface area contributed by atoms with Crippen molar-refractivity contribution in [1.29, 1.82) is 0 Å². The third-order valence-electron chi connectivity index (χ3n) is 8.06. The van der Waals surface area contributed by atoms with Crippen LogP contribution < -0.4 is 0 Å². The fraction of sp³-hybridized carbons (Fsp3) is 0.206. The molecule has 0 bridgehead atoms. The Morgan fingerprint density at radius 3 is 2.26 bits per heavy atom. The van der Waals surface area contributed by atoms with Gasteiger partial charge in [-0.2, -0.15) is 0 Å². The van der Waals surface area contributed by atoms with E-state index in [0.29, 0.717) is 5.92 Å². The number of hydrogen-bond acceptors (Lipinski definition) is 1. The number of nitrogens with zero attached hydrogens (tertiary/aromatic N) is 1. The summed E-state index contributed by atoms with van der Waals surface area (Å²) in [7, 11) is 0. The van der Waals surface area contributed by atoms with Gasteiger partial charge in [0.05, 0.1) is 5.69 Å². The number of hydrogen-bond donors (Lipinski definition) is 0. The second kappa shape index (κ2) is 7.15. The van der Waals surface area contributed by atoms with Crippen molar-refractivity contribution in [2.24, 2.45) is 5.92 Å². The third-order valence-corrected chi connectivity index (χ3v) is 8.06. The van der Waals surface area contributed by atoms with E-state index < -0.39 is 0 Å². The maximum atomic E-state index is 4.97. The van der Waals surface area contributed by atoms with Gasteiger partial charge in [0.25, 0.3) is 0 Å². The zero-order valence-corrected chi connectivity index (χ0v) is 20.8. The fourth-order valence-electron chi connectivity index (χ4n) is 6.35. The van der Waals surface area contributed by atoms with E-state index in [2.05, 4.69) is 107 Å². The average molecular weight is 452 g/mol. The smallest absolute Gasteiger partial charge is 0.0786 e. The Bertz CT molecular complexity index is 1820. The summed E-state index contributed by atoms with van der Waals surface area (Å²) in [6, 6.07) is 29.7. The van der Waals surface area contributed by atoms with E-state index in [4.69, 9.17) is 4.98 Å². The molecule has 0 radical (unpaired) electrons. The van der Waals surface area contributed by atoms with Crippen LogP contribution in [0.1, 0.15) is 44.4 Å². The lowest BCUT2D eigenvalue weighted by Crippen LogP contribution is -2.24. The van der Waals surface area contributed by atoms with Gasteiger partial charge in [0.2, 0.25) is 0 Å². The van der Waals surface area contributed by atoms with Gasteiger partial charge in [0, 0.05) is 22.6 Å². The second-order valence-electron chi connectivity index (χ2n) is 11.2. The van der Waals surface area contributed by atoms with Gasteiger partial charge in [-0.3, -0.25) is 4.98 Å². The van der Waals surface area contributed by atoms with Crippen LogP contribution in [0.2, 0.25) is 0 Å². The SMILES string of the molecule is CC(C)Cc1ccc2ccc3c4ccnc5c4c(cc3c2c1)C(C)(C)c1cc2ccccc2cc1-5. The van der Waals surface area contributed by atoms with Crippen LogP contribution in [-0.4, -0.2) is 4.98 Å². The van der Waals surface area contributed by atoms with Crippen LogP contribution in [0.15, 0.2) is 85.1 Å². The molecule has 0 atom stereocenters. The largest absolute Gasteiger partial charge is 0.256 e. The lowest BCUT2D eigenvalue weighted by atomic mass is 9.68. The molecule has 0 unspecified atom stereocenters. The van der Waals surface area contributed by atoms with E-state index in [9.17, 15) is 0 Å². The van der Waals surface area contributed by atoms with Gasteiger partial charge in [0.1, 0.15) is 0 Å². The first-order chi connectivity index (χ1) is 16.9. The van der Waals surface area contributed by atoms with Crippen molar-refractivity contribution in [2.45, 2.75) is 39.5 Å². The average Bonchev–Trinajstić information content (AvgIpc) is 2.85. The van der Waals surface area contributed by atoms with Crippen LogP contribution in [-0.2, 0) is 11.8 Å². The standard InChI is InChI=1S/C34H29N/c1-20(2)15-21-9-10-22-11-12-25-26-13-14-35-33-29-17-23-7-5-6-8-24(23)18-30(29)34(3,4)31(32(26)33)19-28(25)27(22)16-21/h5-14,16-20H,15H2,1-4H3. The van der Waals surface area contributed by atoms with Crippen molar-refractivity contribution in [1.82, 2.24) is 4.98 Å². The molecule has 1 heterocycles. The fourth-order valence-corrected chi connectivity index (χ4v) is 6.35. The minimum absolute atomic E-state index is 0.125. The maximum absolute atomic E-state index is 4.97. The molecule has 170 valence electrons. The van der Waals surface area contributed by atoms with Crippen molar-refractivity contribution >= 4 is 43.1 Å². The van der Waals surface area contributed by atoms with Crippen molar-refractivity contribution in [3.63, 3.8) is 0 Å². The van der Waals surface area contributed by atoms with Gasteiger partial charge < -0.3 is 0 Å². The molecule has 0 N–H and O–H groups in total. The highest BCUT2D eigenvalue weighted by Crippen LogP contribution is 2.51. The molecule has 0 aliphatic heterocycles. The third kappa shape index (κ3) is 2.91. The highest BCUT2D eigenvalue weighted by Gasteiger charge is 2.35. The normalized spacial score (nSPS) is 14.3. The molecule has 1 aliphatic rings. The molecular formula is C34H29N. The van der Waals surface area contributed by atoms with E-state index in [1.165, 1.54) is 65.3 Å². The van der Waals surface area contributed by atoms with Crippen LogP contribution in [0, 0.1) is 5.92 Å². The van der Waals surface area contributed by atoms with Gasteiger partial charge in [-0.1, -0.05) is 82.3 Å². The van der Waals surface area contributed by atoms with Crippen molar-refractivity contribution in [2.75, 3.05) is 0 Å². The molecule has 1 nitrogen and oxygen atoms in total. The topological polar surface area (TPSA) is 12.9 Å². The van der Waals surface area contributed by atoms with Gasteiger partial charge in [-0.05, 0) is 91.0 Å². The zero-order valence-electron chi connectivity index (χ0n) is 20.8. The van der Waals surface area contributed by atoms with E-state index >= 15 is 0 Å². The summed E-state index contributed by atoms with van der Waals surface area (Å²) in [6.45, 7) is 9.35. The molecule has 1 aliphatic carbocycles. The highest BCUT2D eigenvalue weighted by molar-refractivity contribution is 6.21. The Kier molecular flexibility index (Phi) is 4.22. The van der Waals surface area contributed by atoms with Gasteiger partial charge in [-0.15, -0.1) is 0 Å². The summed E-state index contributed by atoms with van der Waals surface area (Å²) in [5.41, 5.74) is 6.43. The Hall–Kier alpha value is -3.71. The molecule has 1 aromatic heterocycles. The summed E-state index contributed by atoms with van der Waals surface area (Å²) in [6.07, 6.45) is 3.10. The van der Waals surface area contributed by atoms with E-state index in [1.807, 2.05) is 6.20 Å². The maximum Gasteiger partial charge on any atom is 0.0786 e. The number of fused-ring (bicyclic) bond motifs is 7. The molecule has 5 aromatic carbocycles. The highest BCUT2D eigenvalue weighted by atomic mass is 14.7. The molecule has 0 saturated carbocycles. The molecule has 35 heavy (non-hydrogen) atoms. The van der Waals surface area contributed by atoms with Gasteiger partial charge >= 0.3 is 0 Å². The van der Waals surface area contributed by atoms with E-state index in [1.54, 1.807) is 0 Å². The lowest BCUT2D eigenvalue weighted by Gasteiger charge is -2.35. The molecule has 0 amide bonds. The molecule has 6 aromatic rings. The molecule has 0 spiro atoms. The first-order valence-corrected chi connectivity index (χ1v) is 12.7. The first kappa shape index (κ1) is 20.6. The van der Waals surface area contributed by atoms with E-state index in [0.717, 1.165) is 12.1 Å². The summed E-state index contributed by atoms with van der Waals surface area (Å²) >= 11 is 0. The van der Waals surface area contributed by atoms with Gasteiger partial charge in [-0.25, -0.2) is 0 Å².